The lowest BCUT2D eigenvalue weighted by Crippen LogP contribution is -2.24. The Morgan fingerprint density at radius 3 is 2.39 bits per heavy atom. The SMILES string of the molecule is COCCOc1ccccc1C(C)(O)CCOC. The lowest BCUT2D eigenvalue weighted by molar-refractivity contribution is 0.0181. The van der Waals surface area contributed by atoms with Crippen molar-refractivity contribution in [3.8, 4) is 5.75 Å². The van der Waals surface area contributed by atoms with Crippen molar-refractivity contribution < 1.29 is 19.3 Å². The van der Waals surface area contributed by atoms with E-state index < -0.39 is 5.60 Å². The van der Waals surface area contributed by atoms with Gasteiger partial charge in [0, 0.05) is 32.8 Å². The molecule has 1 unspecified atom stereocenters. The molecule has 0 aromatic heterocycles. The van der Waals surface area contributed by atoms with Gasteiger partial charge in [-0.1, -0.05) is 18.2 Å². The van der Waals surface area contributed by atoms with Crippen LogP contribution in [0.25, 0.3) is 0 Å². The Bertz CT molecular complexity index is 349. The van der Waals surface area contributed by atoms with E-state index in [0.717, 1.165) is 5.56 Å². The van der Waals surface area contributed by atoms with Crippen LogP contribution >= 0.6 is 0 Å². The van der Waals surface area contributed by atoms with Gasteiger partial charge in [-0.25, -0.2) is 0 Å². The third kappa shape index (κ3) is 4.29. The molecule has 1 aromatic rings. The Labute approximate surface area is 108 Å². The van der Waals surface area contributed by atoms with E-state index in [4.69, 9.17) is 14.2 Å². The summed E-state index contributed by atoms with van der Waals surface area (Å²) in [4.78, 5) is 0. The van der Waals surface area contributed by atoms with Crippen LogP contribution in [0.2, 0.25) is 0 Å². The summed E-state index contributed by atoms with van der Waals surface area (Å²) in [5, 5.41) is 10.5. The number of para-hydroxylation sites is 1. The predicted molar refractivity (Wildman–Crippen MR) is 69.9 cm³/mol. The van der Waals surface area contributed by atoms with E-state index in [1.54, 1.807) is 21.1 Å². The van der Waals surface area contributed by atoms with E-state index in [-0.39, 0.29) is 0 Å². The molecule has 18 heavy (non-hydrogen) atoms. The minimum absolute atomic E-state index is 0.466. The van der Waals surface area contributed by atoms with Crippen LogP contribution in [0.5, 0.6) is 5.75 Å². The molecule has 0 saturated carbocycles. The van der Waals surface area contributed by atoms with Crippen molar-refractivity contribution in [1.82, 2.24) is 0 Å². The molecule has 0 amide bonds. The summed E-state index contributed by atoms with van der Waals surface area (Å²) in [6.45, 7) is 3.26. The van der Waals surface area contributed by atoms with Crippen LogP contribution < -0.4 is 4.74 Å². The summed E-state index contributed by atoms with van der Waals surface area (Å²) in [7, 11) is 3.25. The number of aliphatic hydroxyl groups is 1. The predicted octanol–water partition coefficient (Wildman–Crippen LogP) is 1.96. The van der Waals surface area contributed by atoms with Gasteiger partial charge in [-0.2, -0.15) is 0 Å². The zero-order valence-corrected chi connectivity index (χ0v) is 11.3. The number of methoxy groups -OCH3 is 2. The Balaban J connectivity index is 2.79. The van der Waals surface area contributed by atoms with Crippen LogP contribution in [0.4, 0.5) is 0 Å². The first-order valence-electron chi connectivity index (χ1n) is 6.04. The maximum absolute atomic E-state index is 10.5. The van der Waals surface area contributed by atoms with Crippen LogP contribution in [0.1, 0.15) is 18.9 Å². The standard InChI is InChI=1S/C14H22O4/c1-14(15,8-9-16-2)12-6-4-5-7-13(12)18-11-10-17-3/h4-7,15H,8-11H2,1-3H3. The molecule has 1 rings (SSSR count). The molecule has 0 aliphatic carbocycles. The van der Waals surface area contributed by atoms with Gasteiger partial charge in [0.25, 0.3) is 0 Å². The van der Waals surface area contributed by atoms with E-state index in [2.05, 4.69) is 0 Å². The van der Waals surface area contributed by atoms with Gasteiger partial charge in [0.05, 0.1) is 12.2 Å². The van der Waals surface area contributed by atoms with E-state index >= 15 is 0 Å². The fraction of sp³-hybridized carbons (Fsp3) is 0.571. The molecule has 4 heteroatoms. The summed E-state index contributed by atoms with van der Waals surface area (Å²) in [5.74, 6) is 0.690. The molecule has 102 valence electrons. The van der Waals surface area contributed by atoms with E-state index in [0.29, 0.717) is 32.0 Å². The zero-order valence-electron chi connectivity index (χ0n) is 11.3. The minimum Gasteiger partial charge on any atom is -0.491 e. The monoisotopic (exact) mass is 254 g/mol. The third-order valence-corrected chi connectivity index (χ3v) is 2.81. The Morgan fingerprint density at radius 2 is 1.72 bits per heavy atom. The van der Waals surface area contributed by atoms with Crippen LogP contribution in [0.15, 0.2) is 24.3 Å². The second-order valence-electron chi connectivity index (χ2n) is 4.35. The van der Waals surface area contributed by atoms with Crippen LogP contribution in [-0.4, -0.2) is 39.1 Å². The summed E-state index contributed by atoms with van der Waals surface area (Å²) in [6, 6.07) is 7.50. The lowest BCUT2D eigenvalue weighted by Gasteiger charge is -2.25. The average molecular weight is 254 g/mol. The van der Waals surface area contributed by atoms with Crippen molar-refractivity contribution in [2.45, 2.75) is 18.9 Å². The van der Waals surface area contributed by atoms with Crippen molar-refractivity contribution in [3.05, 3.63) is 29.8 Å². The third-order valence-electron chi connectivity index (χ3n) is 2.81. The average Bonchev–Trinajstić information content (AvgIpc) is 2.37. The molecule has 1 atom stereocenters. The smallest absolute Gasteiger partial charge is 0.125 e. The summed E-state index contributed by atoms with van der Waals surface area (Å²) >= 11 is 0. The van der Waals surface area contributed by atoms with Gasteiger partial charge >= 0.3 is 0 Å². The van der Waals surface area contributed by atoms with Crippen LogP contribution in [-0.2, 0) is 15.1 Å². The van der Waals surface area contributed by atoms with Crippen LogP contribution in [0.3, 0.4) is 0 Å². The van der Waals surface area contributed by atoms with Gasteiger partial charge in [-0.05, 0) is 13.0 Å². The van der Waals surface area contributed by atoms with E-state index in [1.165, 1.54) is 0 Å². The molecule has 1 N–H and O–H groups in total. The topological polar surface area (TPSA) is 47.9 Å². The Morgan fingerprint density at radius 1 is 1.06 bits per heavy atom. The molecule has 0 aliphatic rings. The highest BCUT2D eigenvalue weighted by Gasteiger charge is 2.26. The highest BCUT2D eigenvalue weighted by molar-refractivity contribution is 5.37. The van der Waals surface area contributed by atoms with Crippen molar-refractivity contribution >= 4 is 0 Å². The van der Waals surface area contributed by atoms with Gasteiger partial charge in [0.15, 0.2) is 0 Å². The van der Waals surface area contributed by atoms with Gasteiger partial charge in [-0.3, -0.25) is 0 Å². The molecule has 0 radical (unpaired) electrons. The van der Waals surface area contributed by atoms with Gasteiger partial charge in [0.1, 0.15) is 12.4 Å². The zero-order chi connectivity index (χ0) is 13.4. The second kappa shape index (κ2) is 7.36. The Kier molecular flexibility index (Phi) is 6.12. The molecule has 4 nitrogen and oxygen atoms in total. The number of rotatable bonds is 8. The molecular weight excluding hydrogens is 232 g/mol. The lowest BCUT2D eigenvalue weighted by atomic mass is 9.92. The number of hydrogen-bond donors (Lipinski definition) is 1. The van der Waals surface area contributed by atoms with Crippen LogP contribution in [0, 0.1) is 0 Å². The number of ether oxygens (including phenoxy) is 3. The van der Waals surface area contributed by atoms with Gasteiger partial charge in [-0.15, -0.1) is 0 Å². The minimum atomic E-state index is -0.959. The molecular formula is C14H22O4. The van der Waals surface area contributed by atoms with Gasteiger partial charge < -0.3 is 19.3 Å². The number of benzene rings is 1. The first-order valence-corrected chi connectivity index (χ1v) is 6.04. The van der Waals surface area contributed by atoms with Gasteiger partial charge in [0.2, 0.25) is 0 Å². The summed E-state index contributed by atoms with van der Waals surface area (Å²) in [6.07, 6.45) is 0.522. The Hall–Kier alpha value is -1.10. The summed E-state index contributed by atoms with van der Waals surface area (Å²) in [5.41, 5.74) is -0.183. The maximum atomic E-state index is 10.5. The molecule has 0 bridgehead atoms. The fourth-order valence-corrected chi connectivity index (χ4v) is 1.71. The highest BCUT2D eigenvalue weighted by Crippen LogP contribution is 2.32. The first-order chi connectivity index (χ1) is 8.61. The molecule has 0 saturated heterocycles. The molecule has 0 aliphatic heterocycles. The maximum Gasteiger partial charge on any atom is 0.125 e. The second-order valence-corrected chi connectivity index (χ2v) is 4.35. The fourth-order valence-electron chi connectivity index (χ4n) is 1.71. The summed E-state index contributed by atoms with van der Waals surface area (Å²) < 4.78 is 15.6. The largest absolute Gasteiger partial charge is 0.491 e. The van der Waals surface area contributed by atoms with Crippen molar-refractivity contribution in [2.75, 3.05) is 34.0 Å². The molecule has 1 aromatic carbocycles. The van der Waals surface area contributed by atoms with Crippen molar-refractivity contribution in [2.24, 2.45) is 0 Å². The molecule has 0 heterocycles. The molecule has 0 spiro atoms. The highest BCUT2D eigenvalue weighted by atomic mass is 16.5. The van der Waals surface area contributed by atoms with Crippen molar-refractivity contribution in [1.29, 1.82) is 0 Å². The van der Waals surface area contributed by atoms with Crippen molar-refractivity contribution in [3.63, 3.8) is 0 Å². The quantitative estimate of drug-likeness (QED) is 0.720. The normalized spacial score (nSPS) is 14.2. The first kappa shape index (κ1) is 15.0. The molecule has 0 fully saturated rings. The van der Waals surface area contributed by atoms with E-state index in [1.807, 2.05) is 24.3 Å². The van der Waals surface area contributed by atoms with E-state index in [9.17, 15) is 5.11 Å². The number of hydrogen-bond acceptors (Lipinski definition) is 4.